The third kappa shape index (κ3) is 3.00. The van der Waals surface area contributed by atoms with Crippen LogP contribution < -0.4 is 16.6 Å². The normalized spacial score (nSPS) is 10.9. The van der Waals surface area contributed by atoms with Crippen molar-refractivity contribution in [3.8, 4) is 0 Å². The van der Waals surface area contributed by atoms with Crippen LogP contribution in [0.4, 0.5) is 17.5 Å². The molecule has 3 aromatic rings. The first-order valence-electron chi connectivity index (χ1n) is 7.18. The van der Waals surface area contributed by atoms with Gasteiger partial charge in [0.2, 0.25) is 0 Å². The Labute approximate surface area is 132 Å². The molecular weight excluding hydrogens is 294 g/mol. The van der Waals surface area contributed by atoms with Crippen molar-refractivity contribution in [2.45, 2.75) is 13.5 Å². The molecule has 0 unspecified atom stereocenters. The number of aliphatic hydroxyl groups excluding tert-OH is 1. The maximum atomic E-state index is 12.4. The highest BCUT2D eigenvalue weighted by atomic mass is 16.3. The Bertz CT molecular complexity index is 920. The number of nitrogen functional groups attached to an aromatic ring is 1. The molecule has 0 aromatic carbocycles. The van der Waals surface area contributed by atoms with E-state index in [1.807, 2.05) is 19.1 Å². The Morgan fingerprint density at radius 2 is 2.13 bits per heavy atom. The number of aliphatic hydroxyl groups is 1. The van der Waals surface area contributed by atoms with Crippen LogP contribution in [0.25, 0.3) is 10.8 Å². The Morgan fingerprint density at radius 3 is 2.87 bits per heavy atom. The topological polar surface area (TPSA) is 106 Å². The fourth-order valence-corrected chi connectivity index (χ4v) is 2.41. The summed E-state index contributed by atoms with van der Waals surface area (Å²) in [5.74, 6) is 1.33. The second-order valence-electron chi connectivity index (χ2n) is 5.24. The van der Waals surface area contributed by atoms with Crippen LogP contribution in [-0.2, 0) is 6.54 Å². The molecule has 0 aliphatic heterocycles. The van der Waals surface area contributed by atoms with E-state index >= 15 is 0 Å². The highest BCUT2D eigenvalue weighted by Gasteiger charge is 2.10. The molecule has 0 spiro atoms. The fraction of sp³-hybridized carbons (Fsp3) is 0.188. The van der Waals surface area contributed by atoms with Gasteiger partial charge in [-0.05, 0) is 42.1 Å². The van der Waals surface area contributed by atoms with E-state index in [0.29, 0.717) is 22.4 Å². The summed E-state index contributed by atoms with van der Waals surface area (Å²) < 4.78 is 1.41. The molecule has 0 saturated heterocycles. The van der Waals surface area contributed by atoms with Crippen molar-refractivity contribution in [1.82, 2.24) is 14.5 Å². The molecule has 0 fully saturated rings. The van der Waals surface area contributed by atoms with Crippen LogP contribution in [-0.4, -0.2) is 26.2 Å². The largest absolute Gasteiger partial charge is 0.395 e. The lowest BCUT2D eigenvalue weighted by atomic mass is 10.2. The van der Waals surface area contributed by atoms with Gasteiger partial charge in [-0.3, -0.25) is 4.79 Å². The minimum Gasteiger partial charge on any atom is -0.395 e. The fourth-order valence-electron chi connectivity index (χ4n) is 2.41. The van der Waals surface area contributed by atoms with E-state index in [-0.39, 0.29) is 24.5 Å². The van der Waals surface area contributed by atoms with Gasteiger partial charge >= 0.3 is 0 Å². The molecular formula is C16H17N5O2. The quantitative estimate of drug-likeness (QED) is 0.673. The van der Waals surface area contributed by atoms with E-state index in [9.17, 15) is 4.79 Å². The lowest BCUT2D eigenvalue weighted by Crippen LogP contribution is -2.22. The van der Waals surface area contributed by atoms with E-state index in [4.69, 9.17) is 10.8 Å². The average Bonchev–Trinajstić information content (AvgIpc) is 2.50. The first-order chi connectivity index (χ1) is 11.1. The summed E-state index contributed by atoms with van der Waals surface area (Å²) in [5.41, 5.74) is 6.77. The number of nitrogens with two attached hydrogens (primary N) is 1. The Kier molecular flexibility index (Phi) is 3.94. The number of pyridine rings is 3. The number of fused-ring (bicyclic) bond motifs is 1. The van der Waals surface area contributed by atoms with Crippen molar-refractivity contribution < 1.29 is 5.11 Å². The van der Waals surface area contributed by atoms with Gasteiger partial charge in [-0.15, -0.1) is 0 Å². The average molecular weight is 311 g/mol. The Balaban J connectivity index is 2.05. The highest BCUT2D eigenvalue weighted by Crippen LogP contribution is 2.22. The number of aryl methyl sites for hydroxylation is 1. The zero-order valence-electron chi connectivity index (χ0n) is 12.7. The molecule has 0 amide bonds. The van der Waals surface area contributed by atoms with Crippen molar-refractivity contribution in [2.24, 2.45) is 0 Å². The van der Waals surface area contributed by atoms with Crippen LogP contribution >= 0.6 is 0 Å². The summed E-state index contributed by atoms with van der Waals surface area (Å²) in [6.45, 7) is 2.08. The molecule has 0 radical (unpaired) electrons. The predicted molar refractivity (Wildman–Crippen MR) is 89.8 cm³/mol. The molecule has 0 saturated carbocycles. The maximum absolute atomic E-state index is 12.4. The molecule has 0 aliphatic rings. The second kappa shape index (κ2) is 6.05. The smallest absolute Gasteiger partial charge is 0.262 e. The van der Waals surface area contributed by atoms with Gasteiger partial charge < -0.3 is 20.7 Å². The minimum atomic E-state index is -0.262. The predicted octanol–water partition coefficient (Wildman–Crippen LogP) is 1.42. The lowest BCUT2D eigenvalue weighted by Gasteiger charge is -2.10. The molecule has 3 heterocycles. The summed E-state index contributed by atoms with van der Waals surface area (Å²) in [7, 11) is 0. The molecule has 0 atom stereocenters. The monoisotopic (exact) mass is 311 g/mol. The number of aromatic nitrogens is 3. The molecule has 4 N–H and O–H groups in total. The SMILES string of the molecule is Cc1ccnc(Nc2cc3ccn(CCO)c(=O)c3c(N)n2)c1. The van der Waals surface area contributed by atoms with Crippen molar-refractivity contribution >= 4 is 28.2 Å². The summed E-state index contributed by atoms with van der Waals surface area (Å²) >= 11 is 0. The zero-order valence-corrected chi connectivity index (χ0v) is 12.7. The first-order valence-corrected chi connectivity index (χ1v) is 7.18. The third-order valence-corrected chi connectivity index (χ3v) is 3.50. The first kappa shape index (κ1) is 15.0. The zero-order chi connectivity index (χ0) is 16.4. The second-order valence-corrected chi connectivity index (χ2v) is 5.24. The van der Waals surface area contributed by atoms with Gasteiger partial charge in [0.15, 0.2) is 0 Å². The van der Waals surface area contributed by atoms with Crippen LogP contribution in [0.1, 0.15) is 5.56 Å². The standard InChI is InChI=1S/C16H17N5O2/c1-10-2-4-18-12(8-10)19-13-9-11-3-5-21(6-7-22)16(23)14(11)15(17)20-13/h2-5,8-9,22H,6-7H2,1H3,(H3,17,18,19,20). The number of hydrogen-bond donors (Lipinski definition) is 3. The number of anilines is 3. The van der Waals surface area contributed by atoms with Crippen molar-refractivity contribution in [3.05, 3.63) is 52.6 Å². The summed E-state index contributed by atoms with van der Waals surface area (Å²) in [6.07, 6.45) is 3.34. The van der Waals surface area contributed by atoms with Gasteiger partial charge in [-0.1, -0.05) is 0 Å². The summed E-state index contributed by atoms with van der Waals surface area (Å²) in [4.78, 5) is 20.8. The molecule has 7 nitrogen and oxygen atoms in total. The summed E-state index contributed by atoms with van der Waals surface area (Å²) in [5, 5.41) is 13.1. The van der Waals surface area contributed by atoms with Crippen molar-refractivity contribution in [3.63, 3.8) is 0 Å². The molecule has 0 bridgehead atoms. The van der Waals surface area contributed by atoms with Gasteiger partial charge in [-0.25, -0.2) is 9.97 Å². The van der Waals surface area contributed by atoms with Gasteiger partial charge in [0.05, 0.1) is 12.0 Å². The van der Waals surface area contributed by atoms with Crippen LogP contribution in [0.2, 0.25) is 0 Å². The Morgan fingerprint density at radius 1 is 1.30 bits per heavy atom. The third-order valence-electron chi connectivity index (χ3n) is 3.50. The van der Waals surface area contributed by atoms with E-state index in [1.54, 1.807) is 24.5 Å². The van der Waals surface area contributed by atoms with Crippen LogP contribution in [0.3, 0.4) is 0 Å². The molecule has 7 heteroatoms. The van der Waals surface area contributed by atoms with Crippen LogP contribution in [0.15, 0.2) is 41.5 Å². The van der Waals surface area contributed by atoms with Crippen molar-refractivity contribution in [2.75, 3.05) is 17.7 Å². The minimum absolute atomic E-state index is 0.114. The lowest BCUT2D eigenvalue weighted by molar-refractivity contribution is 0.274. The number of hydrogen-bond acceptors (Lipinski definition) is 6. The van der Waals surface area contributed by atoms with Gasteiger partial charge in [0, 0.05) is 18.9 Å². The van der Waals surface area contributed by atoms with Crippen LogP contribution in [0, 0.1) is 6.92 Å². The van der Waals surface area contributed by atoms with E-state index < -0.39 is 0 Å². The molecule has 23 heavy (non-hydrogen) atoms. The molecule has 118 valence electrons. The van der Waals surface area contributed by atoms with E-state index in [1.165, 1.54) is 4.57 Å². The van der Waals surface area contributed by atoms with E-state index in [0.717, 1.165) is 5.56 Å². The van der Waals surface area contributed by atoms with Crippen LogP contribution in [0.5, 0.6) is 0 Å². The molecule has 3 rings (SSSR count). The number of rotatable bonds is 4. The maximum Gasteiger partial charge on any atom is 0.262 e. The van der Waals surface area contributed by atoms with Gasteiger partial charge in [-0.2, -0.15) is 0 Å². The van der Waals surface area contributed by atoms with E-state index in [2.05, 4.69) is 15.3 Å². The summed E-state index contributed by atoms with van der Waals surface area (Å²) in [6, 6.07) is 7.32. The molecule has 0 aliphatic carbocycles. The highest BCUT2D eigenvalue weighted by molar-refractivity contribution is 5.92. The number of nitrogens with one attached hydrogen (secondary N) is 1. The Hall–Kier alpha value is -2.93. The van der Waals surface area contributed by atoms with Crippen molar-refractivity contribution in [1.29, 1.82) is 0 Å². The van der Waals surface area contributed by atoms with Gasteiger partial charge in [0.25, 0.3) is 5.56 Å². The number of nitrogens with zero attached hydrogens (tertiary/aromatic N) is 3. The molecule has 3 aromatic heterocycles. The van der Waals surface area contributed by atoms with Gasteiger partial charge in [0.1, 0.15) is 17.5 Å².